The van der Waals surface area contributed by atoms with Crippen molar-refractivity contribution in [2.75, 3.05) is 0 Å². The van der Waals surface area contributed by atoms with Gasteiger partial charge < -0.3 is 15.2 Å². The third kappa shape index (κ3) is 5.71. The van der Waals surface area contributed by atoms with Crippen LogP contribution in [0.15, 0.2) is 91.0 Å². The lowest BCUT2D eigenvalue weighted by Crippen LogP contribution is -2.55. The normalized spacial score (nSPS) is 16.1. The predicted molar refractivity (Wildman–Crippen MR) is 144 cm³/mol. The molecule has 5 nitrogen and oxygen atoms in total. The summed E-state index contributed by atoms with van der Waals surface area (Å²) in [6.45, 7) is 0.293. The van der Waals surface area contributed by atoms with Gasteiger partial charge in [0.05, 0.1) is 6.42 Å². The Morgan fingerprint density at radius 3 is 2.16 bits per heavy atom. The van der Waals surface area contributed by atoms with Crippen molar-refractivity contribution in [1.29, 1.82) is 0 Å². The van der Waals surface area contributed by atoms with Crippen LogP contribution in [0.4, 0.5) is 4.39 Å². The number of halogens is 2. The Balaban J connectivity index is 1.22. The van der Waals surface area contributed by atoms with Gasteiger partial charge in [-0.2, -0.15) is 0 Å². The number of carbonyl (C=O) groups is 2. The molecule has 4 aromatic carbocycles. The minimum Gasteiger partial charge on any atom is -0.489 e. The molecule has 1 atom stereocenters. The van der Waals surface area contributed by atoms with Gasteiger partial charge in [-0.05, 0) is 69.8 Å². The van der Waals surface area contributed by atoms with E-state index >= 15 is 0 Å². The van der Waals surface area contributed by atoms with Crippen LogP contribution in [-0.4, -0.2) is 22.5 Å². The van der Waals surface area contributed by atoms with Gasteiger partial charge in [0, 0.05) is 17.9 Å². The summed E-state index contributed by atoms with van der Waals surface area (Å²) in [5.74, 6) is -1.11. The standard InChI is InChI=1S/C31H25ClFNO4/c32-26-9-7-22(8-10-26)23-5-6-24-17-31(30(36)37,18-25(24)16-23)34-29(35)15-20-3-13-28(14-4-20)38-19-21-1-11-27(33)12-2-21/h1-14,16H,15,17-19H2,(H,34,35)(H,36,37). The Bertz CT molecular complexity index is 1470. The number of hydrogen-bond donors (Lipinski definition) is 2. The molecule has 0 radical (unpaired) electrons. The summed E-state index contributed by atoms with van der Waals surface area (Å²) in [5.41, 5.74) is 3.95. The number of rotatable bonds is 8. The highest BCUT2D eigenvalue weighted by atomic mass is 35.5. The molecule has 0 spiro atoms. The molecule has 0 aromatic heterocycles. The van der Waals surface area contributed by atoms with Gasteiger partial charge in [-0.1, -0.05) is 66.2 Å². The largest absolute Gasteiger partial charge is 0.489 e. The van der Waals surface area contributed by atoms with Crippen LogP contribution < -0.4 is 10.1 Å². The average molecular weight is 530 g/mol. The van der Waals surface area contributed by atoms with Crippen molar-refractivity contribution in [3.05, 3.63) is 124 Å². The Labute approximate surface area is 224 Å². The first-order valence-corrected chi connectivity index (χ1v) is 12.6. The highest BCUT2D eigenvalue weighted by Crippen LogP contribution is 2.34. The van der Waals surface area contributed by atoms with Gasteiger partial charge in [-0.25, -0.2) is 9.18 Å². The van der Waals surface area contributed by atoms with Gasteiger partial charge in [0.15, 0.2) is 0 Å². The molecule has 1 aliphatic carbocycles. The SMILES string of the molecule is O=C(Cc1ccc(OCc2ccc(F)cc2)cc1)NC1(C(=O)O)Cc2ccc(-c3ccc(Cl)cc3)cc2C1. The summed E-state index contributed by atoms with van der Waals surface area (Å²) in [7, 11) is 0. The van der Waals surface area contributed by atoms with E-state index in [4.69, 9.17) is 16.3 Å². The topological polar surface area (TPSA) is 75.6 Å². The molecule has 0 bridgehead atoms. The number of benzene rings is 4. The number of carboxylic acids is 1. The van der Waals surface area contributed by atoms with Gasteiger partial charge in [0.25, 0.3) is 0 Å². The quantitative estimate of drug-likeness (QED) is 0.293. The molecular formula is C31H25ClFNO4. The molecule has 1 unspecified atom stereocenters. The predicted octanol–water partition coefficient (Wildman–Crippen LogP) is 6.01. The molecule has 1 aliphatic rings. The van der Waals surface area contributed by atoms with Crippen LogP contribution in [0.1, 0.15) is 22.3 Å². The smallest absolute Gasteiger partial charge is 0.330 e. The van der Waals surface area contributed by atoms with Crippen LogP contribution in [0.3, 0.4) is 0 Å². The van der Waals surface area contributed by atoms with Gasteiger partial charge in [-0.15, -0.1) is 0 Å². The molecule has 0 saturated carbocycles. The lowest BCUT2D eigenvalue weighted by molar-refractivity contribution is -0.147. The third-order valence-corrected chi connectivity index (χ3v) is 7.02. The molecule has 0 fully saturated rings. The Morgan fingerprint density at radius 1 is 0.842 bits per heavy atom. The zero-order valence-electron chi connectivity index (χ0n) is 20.4. The number of hydrogen-bond acceptors (Lipinski definition) is 3. The van der Waals surface area contributed by atoms with Crippen molar-refractivity contribution >= 4 is 23.5 Å². The van der Waals surface area contributed by atoms with E-state index in [1.165, 1.54) is 12.1 Å². The Hall–Kier alpha value is -4.16. The van der Waals surface area contributed by atoms with Crippen LogP contribution in [0.5, 0.6) is 5.75 Å². The summed E-state index contributed by atoms with van der Waals surface area (Å²) < 4.78 is 18.8. The average Bonchev–Trinajstić information content (AvgIpc) is 3.28. The van der Waals surface area contributed by atoms with E-state index in [-0.39, 0.29) is 31.0 Å². The molecule has 192 valence electrons. The van der Waals surface area contributed by atoms with Gasteiger partial charge in [0.1, 0.15) is 23.7 Å². The summed E-state index contributed by atoms with van der Waals surface area (Å²) in [6, 6.07) is 26.5. The van der Waals surface area contributed by atoms with Gasteiger partial charge in [-0.3, -0.25) is 4.79 Å². The van der Waals surface area contributed by atoms with E-state index in [1.54, 1.807) is 36.4 Å². The highest BCUT2D eigenvalue weighted by Gasteiger charge is 2.45. The summed E-state index contributed by atoms with van der Waals surface area (Å²) in [6.07, 6.45) is 0.473. The number of amides is 1. The van der Waals surface area contributed by atoms with Crippen molar-refractivity contribution < 1.29 is 23.8 Å². The van der Waals surface area contributed by atoms with Crippen molar-refractivity contribution in [3.63, 3.8) is 0 Å². The fourth-order valence-electron chi connectivity index (χ4n) is 4.74. The second-order valence-electron chi connectivity index (χ2n) is 9.52. The van der Waals surface area contributed by atoms with Crippen molar-refractivity contribution in [1.82, 2.24) is 5.32 Å². The molecule has 2 N–H and O–H groups in total. The van der Waals surface area contributed by atoms with E-state index in [0.717, 1.165) is 33.4 Å². The van der Waals surface area contributed by atoms with Crippen LogP contribution in [0.25, 0.3) is 11.1 Å². The molecular weight excluding hydrogens is 505 g/mol. The van der Waals surface area contributed by atoms with Crippen LogP contribution in [-0.2, 0) is 35.5 Å². The molecule has 0 heterocycles. The van der Waals surface area contributed by atoms with Gasteiger partial charge >= 0.3 is 5.97 Å². The van der Waals surface area contributed by atoms with E-state index in [1.807, 2.05) is 42.5 Å². The highest BCUT2D eigenvalue weighted by molar-refractivity contribution is 6.30. The van der Waals surface area contributed by atoms with E-state index < -0.39 is 11.5 Å². The number of aliphatic carboxylic acids is 1. The van der Waals surface area contributed by atoms with Crippen LogP contribution in [0.2, 0.25) is 5.02 Å². The lowest BCUT2D eigenvalue weighted by atomic mass is 9.95. The maximum Gasteiger partial charge on any atom is 0.330 e. The second-order valence-corrected chi connectivity index (χ2v) is 9.95. The monoisotopic (exact) mass is 529 g/mol. The van der Waals surface area contributed by atoms with Crippen molar-refractivity contribution in [3.8, 4) is 16.9 Å². The molecule has 4 aromatic rings. The molecule has 0 saturated heterocycles. The fourth-order valence-corrected chi connectivity index (χ4v) is 4.86. The molecule has 38 heavy (non-hydrogen) atoms. The maximum absolute atomic E-state index is 13.0. The van der Waals surface area contributed by atoms with E-state index in [2.05, 4.69) is 5.32 Å². The summed E-state index contributed by atoms with van der Waals surface area (Å²) >= 11 is 6.00. The van der Waals surface area contributed by atoms with Crippen LogP contribution >= 0.6 is 11.6 Å². The number of carbonyl (C=O) groups excluding carboxylic acids is 1. The second kappa shape index (κ2) is 10.7. The molecule has 1 amide bonds. The molecule has 0 aliphatic heterocycles. The lowest BCUT2D eigenvalue weighted by Gasteiger charge is -2.25. The maximum atomic E-state index is 13.0. The summed E-state index contributed by atoms with van der Waals surface area (Å²) in [5, 5.41) is 13.6. The number of ether oxygens (including phenoxy) is 1. The van der Waals surface area contributed by atoms with Crippen molar-refractivity contribution in [2.24, 2.45) is 0 Å². The first-order chi connectivity index (χ1) is 18.3. The molecule has 7 heteroatoms. The number of nitrogens with one attached hydrogen (secondary N) is 1. The zero-order valence-corrected chi connectivity index (χ0v) is 21.2. The molecule has 5 rings (SSSR count). The Morgan fingerprint density at radius 2 is 1.47 bits per heavy atom. The minimum atomic E-state index is -1.39. The Kier molecular flexibility index (Phi) is 7.16. The first-order valence-electron chi connectivity index (χ1n) is 12.2. The van der Waals surface area contributed by atoms with E-state index in [0.29, 0.717) is 17.4 Å². The van der Waals surface area contributed by atoms with Gasteiger partial charge in [0.2, 0.25) is 5.91 Å². The van der Waals surface area contributed by atoms with Crippen LogP contribution in [0, 0.1) is 5.82 Å². The summed E-state index contributed by atoms with van der Waals surface area (Å²) in [4.78, 5) is 25.3. The third-order valence-electron chi connectivity index (χ3n) is 6.76. The number of carboxylic acid groups (broad SMARTS) is 1. The minimum absolute atomic E-state index is 0.0413. The fraction of sp³-hybridized carbons (Fsp3) is 0.161. The number of fused-ring (bicyclic) bond motifs is 1. The van der Waals surface area contributed by atoms with E-state index in [9.17, 15) is 19.1 Å². The zero-order chi connectivity index (χ0) is 26.7. The first kappa shape index (κ1) is 25.5. The van der Waals surface area contributed by atoms with Crippen molar-refractivity contribution in [2.45, 2.75) is 31.4 Å².